The van der Waals surface area contributed by atoms with Crippen LogP contribution in [0.25, 0.3) is 0 Å². The monoisotopic (exact) mass is 315 g/mol. The normalized spacial score (nSPS) is 19.4. The van der Waals surface area contributed by atoms with E-state index in [1.807, 2.05) is 17.8 Å². The smallest absolute Gasteiger partial charge is 0.244 e. The first-order chi connectivity index (χ1) is 9.43. The number of anilines is 2. The van der Waals surface area contributed by atoms with Crippen LogP contribution in [-0.2, 0) is 10.0 Å². The number of rotatable bonds is 5. The molecule has 3 N–H and O–H groups in total. The van der Waals surface area contributed by atoms with Crippen LogP contribution in [0.2, 0.25) is 0 Å². The fourth-order valence-corrected chi connectivity index (χ4v) is 4.38. The number of nitrogens with two attached hydrogens (primary N) is 1. The molecule has 1 heterocycles. The minimum Gasteiger partial charge on any atom is -0.396 e. The molecule has 1 aliphatic rings. The number of benzene rings is 1. The van der Waals surface area contributed by atoms with E-state index >= 15 is 0 Å². The van der Waals surface area contributed by atoms with Gasteiger partial charge in [-0.05, 0) is 30.7 Å². The van der Waals surface area contributed by atoms with Gasteiger partial charge in [-0.1, -0.05) is 6.07 Å². The molecule has 1 aromatic carbocycles. The zero-order valence-corrected chi connectivity index (χ0v) is 13.4. The molecule has 20 heavy (non-hydrogen) atoms. The highest BCUT2D eigenvalue weighted by Crippen LogP contribution is 2.30. The second-order valence-corrected chi connectivity index (χ2v) is 8.55. The number of hydrogen-bond donors (Lipinski definition) is 2. The maximum absolute atomic E-state index is 12.2. The first-order valence-electron chi connectivity index (χ1n) is 6.59. The van der Waals surface area contributed by atoms with Gasteiger partial charge in [0.15, 0.2) is 0 Å². The zero-order valence-electron chi connectivity index (χ0n) is 11.8. The van der Waals surface area contributed by atoms with E-state index in [0.29, 0.717) is 16.6 Å². The van der Waals surface area contributed by atoms with Gasteiger partial charge in [0, 0.05) is 25.9 Å². The predicted molar refractivity (Wildman–Crippen MR) is 85.7 cm³/mol. The van der Waals surface area contributed by atoms with Crippen LogP contribution in [0.3, 0.4) is 0 Å². The van der Waals surface area contributed by atoms with Crippen LogP contribution in [0, 0.1) is 0 Å². The number of nitrogens with one attached hydrogen (secondary N) is 1. The van der Waals surface area contributed by atoms with Gasteiger partial charge < -0.3 is 11.1 Å². The molecule has 1 unspecified atom stereocenters. The highest BCUT2D eigenvalue weighted by molar-refractivity contribution is 8.00. The number of sulfonamides is 1. The molecule has 0 spiro atoms. The highest BCUT2D eigenvalue weighted by atomic mass is 32.2. The molecule has 2 rings (SSSR count). The Kier molecular flexibility index (Phi) is 4.82. The van der Waals surface area contributed by atoms with E-state index in [4.69, 9.17) is 5.73 Å². The van der Waals surface area contributed by atoms with E-state index in [-0.39, 0.29) is 4.90 Å². The lowest BCUT2D eigenvalue weighted by molar-refractivity contribution is 0.521. The fourth-order valence-electron chi connectivity index (χ4n) is 2.15. The summed E-state index contributed by atoms with van der Waals surface area (Å²) in [6, 6.07) is 5.08. The standard InChI is InChI=1S/C13H21N3O2S2/c1-16(2)20(17,18)12-7-3-6-11(13(12)14)15-9-10-5-4-8-19-10/h3,6-7,10,15H,4-5,8-9,14H2,1-2H3. The molecule has 0 bridgehead atoms. The molecule has 1 saturated heterocycles. The van der Waals surface area contributed by atoms with E-state index < -0.39 is 10.0 Å². The largest absolute Gasteiger partial charge is 0.396 e. The zero-order chi connectivity index (χ0) is 14.8. The fraction of sp³-hybridized carbons (Fsp3) is 0.538. The lowest BCUT2D eigenvalue weighted by atomic mass is 10.2. The summed E-state index contributed by atoms with van der Waals surface area (Å²) in [6.45, 7) is 0.820. The summed E-state index contributed by atoms with van der Waals surface area (Å²) < 4.78 is 25.5. The maximum Gasteiger partial charge on any atom is 0.244 e. The molecule has 1 aliphatic heterocycles. The molecule has 0 aliphatic carbocycles. The Morgan fingerprint density at radius 3 is 2.80 bits per heavy atom. The molecular weight excluding hydrogens is 294 g/mol. The van der Waals surface area contributed by atoms with Gasteiger partial charge in [-0.2, -0.15) is 11.8 Å². The minimum atomic E-state index is -3.50. The summed E-state index contributed by atoms with van der Waals surface area (Å²) in [7, 11) is -0.496. The Morgan fingerprint density at radius 2 is 2.20 bits per heavy atom. The van der Waals surface area contributed by atoms with Gasteiger partial charge in [-0.3, -0.25) is 0 Å². The quantitative estimate of drug-likeness (QED) is 0.811. The Labute approximate surface area is 125 Å². The molecule has 1 fully saturated rings. The molecule has 0 amide bonds. The van der Waals surface area contributed by atoms with Crippen molar-refractivity contribution in [1.29, 1.82) is 0 Å². The van der Waals surface area contributed by atoms with E-state index in [0.717, 1.165) is 6.54 Å². The number of para-hydroxylation sites is 1. The van der Waals surface area contributed by atoms with Crippen molar-refractivity contribution in [2.45, 2.75) is 23.0 Å². The Morgan fingerprint density at radius 1 is 1.45 bits per heavy atom. The van der Waals surface area contributed by atoms with Crippen LogP contribution in [0.5, 0.6) is 0 Å². The average molecular weight is 315 g/mol. The van der Waals surface area contributed by atoms with Crippen LogP contribution < -0.4 is 11.1 Å². The predicted octanol–water partition coefficient (Wildman–Crippen LogP) is 1.83. The first-order valence-corrected chi connectivity index (χ1v) is 9.08. The minimum absolute atomic E-state index is 0.159. The molecule has 5 nitrogen and oxygen atoms in total. The molecule has 0 aromatic heterocycles. The third-order valence-electron chi connectivity index (χ3n) is 3.37. The van der Waals surface area contributed by atoms with Crippen molar-refractivity contribution in [1.82, 2.24) is 4.31 Å². The van der Waals surface area contributed by atoms with Gasteiger partial charge in [0.1, 0.15) is 4.90 Å². The highest BCUT2D eigenvalue weighted by Gasteiger charge is 2.22. The Hall–Kier alpha value is -0.920. The van der Waals surface area contributed by atoms with E-state index in [1.165, 1.54) is 37.0 Å². The lowest BCUT2D eigenvalue weighted by Crippen LogP contribution is -2.24. The summed E-state index contributed by atoms with van der Waals surface area (Å²) in [6.07, 6.45) is 2.45. The molecule has 0 saturated carbocycles. The lowest BCUT2D eigenvalue weighted by Gasteiger charge is -2.17. The SMILES string of the molecule is CN(C)S(=O)(=O)c1cccc(NCC2CCCS2)c1N. The molecule has 0 radical (unpaired) electrons. The van der Waals surface area contributed by atoms with Crippen molar-refractivity contribution < 1.29 is 8.42 Å². The Balaban J connectivity index is 2.19. The van der Waals surface area contributed by atoms with Crippen molar-refractivity contribution in [3.05, 3.63) is 18.2 Å². The summed E-state index contributed by atoms with van der Waals surface area (Å²) >= 11 is 1.95. The Bertz CT molecular complexity index is 567. The van der Waals surface area contributed by atoms with Crippen molar-refractivity contribution in [3.63, 3.8) is 0 Å². The van der Waals surface area contributed by atoms with Crippen LogP contribution in [0.1, 0.15) is 12.8 Å². The van der Waals surface area contributed by atoms with E-state index in [9.17, 15) is 8.42 Å². The van der Waals surface area contributed by atoms with Crippen LogP contribution in [0.15, 0.2) is 23.1 Å². The van der Waals surface area contributed by atoms with Gasteiger partial charge in [0.25, 0.3) is 0 Å². The molecule has 1 aromatic rings. The number of nitrogens with zero attached hydrogens (tertiary/aromatic N) is 1. The summed E-state index contributed by atoms with van der Waals surface area (Å²) in [5.74, 6) is 1.21. The third-order valence-corrected chi connectivity index (χ3v) is 6.64. The topological polar surface area (TPSA) is 75.4 Å². The molecule has 112 valence electrons. The number of nitrogen functional groups attached to an aromatic ring is 1. The van der Waals surface area contributed by atoms with Crippen LogP contribution in [0.4, 0.5) is 11.4 Å². The number of hydrogen-bond acceptors (Lipinski definition) is 5. The molecular formula is C13H21N3O2S2. The van der Waals surface area contributed by atoms with Gasteiger partial charge in [-0.25, -0.2) is 12.7 Å². The van der Waals surface area contributed by atoms with Gasteiger partial charge in [0.05, 0.1) is 11.4 Å². The van der Waals surface area contributed by atoms with Gasteiger partial charge in [0.2, 0.25) is 10.0 Å². The number of thioether (sulfide) groups is 1. The molecule has 7 heteroatoms. The molecule has 1 atom stereocenters. The first kappa shape index (κ1) is 15.5. The maximum atomic E-state index is 12.2. The van der Waals surface area contributed by atoms with Crippen molar-refractivity contribution in [3.8, 4) is 0 Å². The van der Waals surface area contributed by atoms with E-state index in [2.05, 4.69) is 5.32 Å². The summed E-state index contributed by atoms with van der Waals surface area (Å²) in [5, 5.41) is 3.86. The third kappa shape index (κ3) is 3.21. The van der Waals surface area contributed by atoms with Crippen LogP contribution in [-0.4, -0.2) is 44.4 Å². The van der Waals surface area contributed by atoms with Gasteiger partial charge >= 0.3 is 0 Å². The van der Waals surface area contributed by atoms with Gasteiger partial charge in [-0.15, -0.1) is 0 Å². The average Bonchev–Trinajstić information content (AvgIpc) is 2.90. The summed E-state index contributed by atoms with van der Waals surface area (Å²) in [4.78, 5) is 0.159. The van der Waals surface area contributed by atoms with Crippen molar-refractivity contribution in [2.24, 2.45) is 0 Å². The van der Waals surface area contributed by atoms with Crippen LogP contribution >= 0.6 is 11.8 Å². The van der Waals surface area contributed by atoms with Crippen molar-refractivity contribution in [2.75, 3.05) is 37.4 Å². The van der Waals surface area contributed by atoms with Crippen molar-refractivity contribution >= 4 is 33.2 Å². The van der Waals surface area contributed by atoms with E-state index in [1.54, 1.807) is 12.1 Å². The summed E-state index contributed by atoms with van der Waals surface area (Å²) in [5.41, 5.74) is 7.01. The second-order valence-electron chi connectivity index (χ2n) is 5.02. The second kappa shape index (κ2) is 6.24.